The summed E-state index contributed by atoms with van der Waals surface area (Å²) in [4.78, 5) is 72.3. The lowest BCUT2D eigenvalue weighted by atomic mass is 9.86. The molecule has 5 N–H and O–H groups in total. The molecule has 129 heavy (non-hydrogen) atoms. The van der Waals surface area contributed by atoms with Gasteiger partial charge in [-0.3, -0.25) is 14.7 Å². The number of pyridine rings is 10. The molecule has 9 aliphatic rings. The molecule has 24 rings (SSSR count). The number of H-pyrrole nitrogens is 5. The van der Waals surface area contributed by atoms with Crippen molar-refractivity contribution in [2.75, 3.05) is 128 Å². The van der Waals surface area contributed by atoms with Crippen LogP contribution in [0.2, 0.25) is 5.02 Å². The Hall–Kier alpha value is -13.3. The second-order valence-corrected chi connectivity index (χ2v) is 34.2. The van der Waals surface area contributed by atoms with Gasteiger partial charge < -0.3 is 63.3 Å². The Labute approximate surface area is 741 Å². The fraction of sp³-hybridized carbons (Fsp3) is 0.409. The van der Waals surface area contributed by atoms with Crippen LogP contribution in [-0.2, 0) is 9.47 Å². The maximum Gasteiger partial charge on any atom is 0.183 e. The van der Waals surface area contributed by atoms with Gasteiger partial charge in [0.2, 0.25) is 0 Å². The average molecular weight is 1760 g/mol. The van der Waals surface area contributed by atoms with Gasteiger partial charge in [0.05, 0.1) is 148 Å². The van der Waals surface area contributed by atoms with E-state index in [1.165, 1.54) is 43.1 Å². The number of likely N-dealkylation sites (tertiary alicyclic amines) is 1. The van der Waals surface area contributed by atoms with Crippen LogP contribution in [0.3, 0.4) is 0 Å². The van der Waals surface area contributed by atoms with E-state index in [0.717, 1.165) is 252 Å². The van der Waals surface area contributed by atoms with E-state index >= 15 is 0 Å². The fourth-order valence-electron chi connectivity index (χ4n) is 19.8. The molecule has 9 fully saturated rings. The van der Waals surface area contributed by atoms with Crippen molar-refractivity contribution in [2.45, 2.75) is 121 Å². The van der Waals surface area contributed by atoms with Crippen LogP contribution in [0.25, 0.3) is 110 Å². The number of rotatable bonds is 11. The molecule has 0 spiro atoms. The van der Waals surface area contributed by atoms with Crippen molar-refractivity contribution in [1.82, 2.24) is 94.4 Å². The highest BCUT2D eigenvalue weighted by Gasteiger charge is 2.38. The summed E-state index contributed by atoms with van der Waals surface area (Å²) in [5, 5.41) is 55.6. The molecule has 15 aromatic heterocycles. The standard InChI is InChI=1S/C20H21ClN6O.C20H21FN6O.C18H16FN5O.C18H18FN5O.C17H15FN4O/c2*21-13-9-15-18-17(25-20(15)24-11-13)12-23-16(10-22)19(18)27-3-1-14(2-4-27)26-5-7-28-8-6-26;19-11-5-12-16-14(23-18(12)22-7-11)8-21-13(6-20)17(16)25-15-9-24-3-1-10(15)2-4-24;1-2-24-5-3-12(4-6-24)25-17-14(8-20)21-10-15-16(17)13-7-11(19)9-22-18(13)23-15;18-10-6-12-15-14(22-17(12)21-8-10)9-20-13(7-19)16(15)23-11-4-2-1-3-5-11/h2*9,11-12,14H,1-8H2,(H,24,25);5,7-8,10,15H,1-4,9H2,(H,22,23);7,9-10,12H,2-6H2,1H3,(H,22,23);6,8-9,11H,1-5H2,(H,21,22)/t;;15-;;/m..1../s1. The molecule has 2 bridgehead atoms. The SMILES string of the molecule is CCN1CCC(Oc2c(C#N)ncc3[nH]c4ncc(F)cc4c23)CC1.N#Cc1ncc2[nH]c3ncc(Cl)cc3c2c1N1CCC(N2CCOCC2)CC1.N#Cc1ncc2[nH]c3ncc(F)cc3c2c1N1CCC(N2CCOCC2)CC1.N#Cc1ncc2[nH]c3ncc(F)cc3c2c1OC1CCCCC1.N#Cc1ncc2[nH]c3ncc(F)cc3c2c1O[C@@H]1CN2CCC1CC2. The number of hydrogen-bond donors (Lipinski definition) is 5. The summed E-state index contributed by atoms with van der Waals surface area (Å²) in [7, 11) is 0. The molecule has 8 aliphatic heterocycles. The second-order valence-electron chi connectivity index (χ2n) is 33.8. The van der Waals surface area contributed by atoms with Gasteiger partial charge in [-0.05, 0) is 133 Å². The van der Waals surface area contributed by atoms with Crippen LogP contribution in [0.1, 0.15) is 119 Å². The smallest absolute Gasteiger partial charge is 0.183 e. The lowest BCUT2D eigenvalue weighted by Gasteiger charge is -2.44. The lowest BCUT2D eigenvalue weighted by Crippen LogP contribution is -2.52. The van der Waals surface area contributed by atoms with E-state index < -0.39 is 17.5 Å². The zero-order valence-electron chi connectivity index (χ0n) is 70.9. The first kappa shape index (κ1) is 85.2. The molecule has 8 saturated heterocycles. The van der Waals surface area contributed by atoms with Gasteiger partial charge in [0.15, 0.2) is 45.7 Å². The van der Waals surface area contributed by atoms with Crippen molar-refractivity contribution in [3.63, 3.8) is 0 Å². The van der Waals surface area contributed by atoms with Crippen molar-refractivity contribution in [2.24, 2.45) is 5.92 Å². The van der Waals surface area contributed by atoms with Crippen LogP contribution in [0, 0.1) is 85.8 Å². The molecule has 0 unspecified atom stereocenters. The van der Waals surface area contributed by atoms with E-state index in [1.807, 2.05) is 6.07 Å². The maximum absolute atomic E-state index is 13.9. The molecular formula is C93H91ClF4N26O5. The number of ether oxygens (including phenoxy) is 5. The third kappa shape index (κ3) is 17.5. The summed E-state index contributed by atoms with van der Waals surface area (Å²) in [6.07, 6.45) is 28.1. The summed E-state index contributed by atoms with van der Waals surface area (Å²) in [5.41, 5.74) is 10.00. The molecule has 0 amide bonds. The highest BCUT2D eigenvalue weighted by atomic mass is 35.5. The van der Waals surface area contributed by atoms with Crippen molar-refractivity contribution in [3.8, 4) is 47.6 Å². The monoisotopic (exact) mass is 1760 g/mol. The molecule has 31 nitrogen and oxygen atoms in total. The molecule has 0 radical (unpaired) electrons. The van der Waals surface area contributed by atoms with E-state index in [2.05, 4.69) is 141 Å². The van der Waals surface area contributed by atoms with Crippen molar-refractivity contribution in [1.29, 1.82) is 26.3 Å². The van der Waals surface area contributed by atoms with Gasteiger partial charge in [-0.25, -0.2) is 67.4 Å². The largest absolute Gasteiger partial charge is 0.487 e. The van der Waals surface area contributed by atoms with Crippen LogP contribution in [0.5, 0.6) is 17.2 Å². The lowest BCUT2D eigenvalue weighted by molar-refractivity contribution is -0.00727. The van der Waals surface area contributed by atoms with Gasteiger partial charge >= 0.3 is 0 Å². The molecule has 1 atom stereocenters. The normalized spacial score (nSPS) is 19.3. The molecule has 658 valence electrons. The number of hydrogen-bond acceptors (Lipinski definition) is 26. The van der Waals surface area contributed by atoms with E-state index in [0.29, 0.717) is 129 Å². The number of morpholine rings is 2. The first-order valence-corrected chi connectivity index (χ1v) is 44.4. The Bertz CT molecular complexity index is 6770. The highest BCUT2D eigenvalue weighted by molar-refractivity contribution is 6.31. The molecular weight excluding hydrogens is 1670 g/mol. The van der Waals surface area contributed by atoms with Crippen LogP contribution in [0.15, 0.2) is 92.3 Å². The number of nitriles is 5. The predicted octanol–water partition coefficient (Wildman–Crippen LogP) is 14.8. The number of nitrogens with one attached hydrogen (secondary N) is 5. The number of piperidine rings is 6. The number of nitrogens with zero attached hydrogens (tertiary/aromatic N) is 21. The molecule has 0 aromatic carbocycles. The molecule has 36 heteroatoms. The van der Waals surface area contributed by atoms with Gasteiger partial charge in [0.1, 0.15) is 94.1 Å². The van der Waals surface area contributed by atoms with Crippen molar-refractivity contribution >= 4 is 133 Å². The topological polar surface area (TPSA) is 392 Å². The first-order chi connectivity index (χ1) is 63.2. The van der Waals surface area contributed by atoms with Crippen molar-refractivity contribution < 1.29 is 41.2 Å². The number of fused-ring (bicyclic) bond motifs is 18. The second kappa shape index (κ2) is 37.6. The Morgan fingerprint density at radius 3 is 1.09 bits per heavy atom. The van der Waals surface area contributed by atoms with Crippen molar-refractivity contribution in [3.05, 3.63) is 149 Å². The summed E-state index contributed by atoms with van der Waals surface area (Å²) < 4.78 is 84.5. The third-order valence-electron chi connectivity index (χ3n) is 26.3. The van der Waals surface area contributed by atoms with E-state index in [-0.39, 0.29) is 41.2 Å². The Kier molecular flexibility index (Phi) is 24.8. The zero-order chi connectivity index (χ0) is 88.3. The maximum atomic E-state index is 13.9. The fourth-order valence-corrected chi connectivity index (χ4v) is 20.0. The van der Waals surface area contributed by atoms with E-state index in [1.54, 1.807) is 37.2 Å². The van der Waals surface area contributed by atoms with E-state index in [9.17, 15) is 43.9 Å². The zero-order valence-corrected chi connectivity index (χ0v) is 71.6. The Balaban J connectivity index is 0.000000105. The van der Waals surface area contributed by atoms with Crippen LogP contribution in [-0.4, -0.2) is 243 Å². The number of aromatic nitrogens is 15. The van der Waals surface area contributed by atoms with Gasteiger partial charge in [-0.1, -0.05) is 24.9 Å². The van der Waals surface area contributed by atoms with Gasteiger partial charge in [0.25, 0.3) is 0 Å². The van der Waals surface area contributed by atoms with Crippen LogP contribution >= 0.6 is 11.6 Å². The van der Waals surface area contributed by atoms with Gasteiger partial charge in [-0.15, -0.1) is 0 Å². The average Bonchev–Trinajstić information content (AvgIpc) is 1.63. The summed E-state index contributed by atoms with van der Waals surface area (Å²) in [5.74, 6) is 0.148. The third-order valence-corrected chi connectivity index (χ3v) is 26.5. The molecule has 1 aliphatic carbocycles. The van der Waals surface area contributed by atoms with Crippen LogP contribution in [0.4, 0.5) is 28.9 Å². The van der Waals surface area contributed by atoms with Crippen LogP contribution < -0.4 is 24.0 Å². The first-order valence-electron chi connectivity index (χ1n) is 44.1. The van der Waals surface area contributed by atoms with E-state index in [4.69, 9.17) is 35.3 Å². The Morgan fingerprint density at radius 2 is 0.721 bits per heavy atom. The predicted molar refractivity (Wildman–Crippen MR) is 477 cm³/mol. The summed E-state index contributed by atoms with van der Waals surface area (Å²) in [6.45, 7) is 18.9. The summed E-state index contributed by atoms with van der Waals surface area (Å²) >= 11 is 6.21. The molecule has 15 aromatic rings. The minimum atomic E-state index is -0.425. The molecule has 23 heterocycles. The summed E-state index contributed by atoms with van der Waals surface area (Å²) in [6, 6.07) is 19.5. The van der Waals surface area contributed by atoms with Gasteiger partial charge in [-0.2, -0.15) is 26.3 Å². The number of anilines is 2. The number of halogens is 5. The minimum absolute atomic E-state index is 0.0220. The quantitative estimate of drug-likeness (QED) is 0.0751. The molecule has 1 saturated carbocycles. The highest BCUT2D eigenvalue weighted by Crippen LogP contribution is 2.44. The van der Waals surface area contributed by atoms with Gasteiger partial charge in [0, 0.05) is 128 Å². The minimum Gasteiger partial charge on any atom is -0.487 e. The Morgan fingerprint density at radius 1 is 0.380 bits per heavy atom. The number of aromatic amines is 5.